The summed E-state index contributed by atoms with van der Waals surface area (Å²) >= 11 is 0. The molecule has 0 radical (unpaired) electrons. The van der Waals surface area contributed by atoms with Crippen LogP contribution in [-0.2, 0) is 10.3 Å². The van der Waals surface area contributed by atoms with Crippen molar-refractivity contribution in [2.24, 2.45) is 0 Å². The maximum Gasteiger partial charge on any atom is 0.416 e. The summed E-state index contributed by atoms with van der Waals surface area (Å²) in [5.74, 6) is -3.10. The Morgan fingerprint density at radius 2 is 1.90 bits per heavy atom. The van der Waals surface area contributed by atoms with E-state index in [2.05, 4.69) is 25.7 Å². The topological polar surface area (TPSA) is 111 Å². The van der Waals surface area contributed by atoms with E-state index < -0.39 is 61.0 Å². The van der Waals surface area contributed by atoms with E-state index in [-0.39, 0.29) is 34.5 Å². The Morgan fingerprint density at radius 1 is 1.12 bits per heavy atom. The van der Waals surface area contributed by atoms with Gasteiger partial charge in [0.2, 0.25) is 5.82 Å². The fourth-order valence-corrected chi connectivity index (χ4v) is 4.75. The molecule has 3 aromatic rings. The zero-order valence-corrected chi connectivity index (χ0v) is 20.6. The van der Waals surface area contributed by atoms with Crippen LogP contribution in [0.15, 0.2) is 30.5 Å². The highest BCUT2D eigenvalue weighted by atomic mass is 19.4. The number of aromatic nitrogens is 6. The molecule has 1 fully saturated rings. The number of tetrazole rings is 1. The third kappa shape index (κ3) is 5.25. The molecule has 214 valence electrons. The van der Waals surface area contributed by atoms with E-state index in [1.807, 2.05) is 5.32 Å². The van der Waals surface area contributed by atoms with Crippen LogP contribution in [0, 0.1) is 5.82 Å². The van der Waals surface area contributed by atoms with Crippen LogP contribution in [0.5, 0.6) is 5.75 Å². The number of H-pyrrole nitrogens is 1. The normalized spacial score (nSPS) is 20.4. The van der Waals surface area contributed by atoms with Gasteiger partial charge in [0.15, 0.2) is 5.54 Å². The van der Waals surface area contributed by atoms with Crippen molar-refractivity contribution in [1.82, 2.24) is 35.7 Å². The van der Waals surface area contributed by atoms with Crippen molar-refractivity contribution in [1.29, 1.82) is 0 Å². The fraction of sp³-hybridized carbons (Fsp3) is 0.458. The van der Waals surface area contributed by atoms with Gasteiger partial charge in [0.1, 0.15) is 11.6 Å². The monoisotopic (exact) mass is 573 g/mol. The van der Waals surface area contributed by atoms with E-state index in [0.717, 1.165) is 31.4 Å². The molecule has 1 aliphatic carbocycles. The summed E-state index contributed by atoms with van der Waals surface area (Å²) < 4.78 is 104. The number of halogens is 7. The fourth-order valence-electron chi connectivity index (χ4n) is 4.75. The number of benzene rings is 1. The molecule has 1 unspecified atom stereocenters. The van der Waals surface area contributed by atoms with Gasteiger partial charge < -0.3 is 10.1 Å². The summed E-state index contributed by atoms with van der Waals surface area (Å²) in [4.78, 5) is 13.3. The van der Waals surface area contributed by atoms with Crippen molar-refractivity contribution < 1.29 is 40.3 Å². The van der Waals surface area contributed by atoms with Gasteiger partial charge in [-0.25, -0.2) is 4.39 Å². The first-order valence-electron chi connectivity index (χ1n) is 12.3. The van der Waals surface area contributed by atoms with Crippen molar-refractivity contribution in [2.75, 3.05) is 6.61 Å². The van der Waals surface area contributed by atoms with E-state index in [9.17, 15) is 31.1 Å². The summed E-state index contributed by atoms with van der Waals surface area (Å²) in [6, 6.07) is 4.00. The number of carbonyl (C=O) groups is 1. The van der Waals surface area contributed by atoms with Gasteiger partial charge in [-0.3, -0.25) is 9.48 Å². The number of ether oxygens (including phenoxy) is 1. The van der Waals surface area contributed by atoms with Crippen LogP contribution in [0.4, 0.5) is 30.7 Å². The van der Waals surface area contributed by atoms with Crippen LogP contribution < -0.4 is 10.1 Å². The number of rotatable bonds is 8. The van der Waals surface area contributed by atoms with Crippen LogP contribution >= 0.6 is 0 Å². The summed E-state index contributed by atoms with van der Waals surface area (Å²) in [5.41, 5.74) is -4.50. The van der Waals surface area contributed by atoms with Gasteiger partial charge in [0.25, 0.3) is 5.91 Å². The Morgan fingerprint density at radius 3 is 2.50 bits per heavy atom. The molecular weight excluding hydrogens is 551 g/mol. The predicted molar refractivity (Wildman–Crippen MR) is 124 cm³/mol. The number of nitrogens with zero attached hydrogens (tertiary/aromatic N) is 5. The highest BCUT2D eigenvalue weighted by Crippen LogP contribution is 2.50. The first-order valence-corrected chi connectivity index (χ1v) is 12.3. The molecule has 0 bridgehead atoms. The second-order valence-electron chi connectivity index (χ2n) is 9.60. The molecule has 1 saturated carbocycles. The van der Waals surface area contributed by atoms with Gasteiger partial charge in [0.05, 0.1) is 23.9 Å². The Bertz CT molecular complexity index is 1410. The Hall–Kier alpha value is -3.98. The van der Waals surface area contributed by atoms with Crippen molar-refractivity contribution in [3.05, 3.63) is 53.4 Å². The highest BCUT2D eigenvalue weighted by Gasteiger charge is 2.61. The van der Waals surface area contributed by atoms with Crippen molar-refractivity contribution in [3.63, 3.8) is 0 Å². The van der Waals surface area contributed by atoms with E-state index in [1.54, 1.807) is 10.9 Å². The zero-order valence-electron chi connectivity index (χ0n) is 20.6. The minimum absolute atomic E-state index is 0.0696. The number of carbonyl (C=O) groups excluding carboxylic acids is 1. The Labute approximate surface area is 221 Å². The number of alkyl halides is 6. The molecule has 2 aromatic heterocycles. The smallest absolute Gasteiger partial charge is 0.416 e. The van der Waals surface area contributed by atoms with Crippen LogP contribution in [0.2, 0.25) is 0 Å². The zero-order chi connectivity index (χ0) is 28.7. The number of aromatic amines is 1. The molecule has 0 saturated heterocycles. The molecule has 1 aromatic carbocycles. The SMILES string of the molecule is O=C1NC(c2ccc(OCCCC(F)(F)F)cc2F)(C(F)(F)F)CC(c2ccn(C3CCC3)n2)=C1c1nn[nH]n1. The molecule has 9 nitrogen and oxygen atoms in total. The molecule has 3 heterocycles. The molecule has 2 aliphatic rings. The molecule has 16 heteroatoms. The molecule has 1 atom stereocenters. The standard InChI is InChI=1S/C24H22F7N7O2/c25-17-11-14(40-10-2-8-23(26,27)28)5-6-16(17)22(24(29,30)31)12-15(18-7-9-38(35-18)13-3-1-4-13)19(21(39)32-22)20-33-36-37-34-20/h5-7,9,11,13H,1-4,8,10,12H2,(H,32,39)(H,33,34,36,37). The average molecular weight is 573 g/mol. The van der Waals surface area contributed by atoms with Crippen molar-refractivity contribution in [3.8, 4) is 5.75 Å². The van der Waals surface area contributed by atoms with Crippen LogP contribution in [-0.4, -0.2) is 55.3 Å². The predicted octanol–water partition coefficient (Wildman–Crippen LogP) is 4.87. The lowest BCUT2D eigenvalue weighted by molar-refractivity contribution is -0.202. The second-order valence-corrected chi connectivity index (χ2v) is 9.60. The summed E-state index contributed by atoms with van der Waals surface area (Å²) in [6.45, 7) is -0.427. The summed E-state index contributed by atoms with van der Waals surface area (Å²) in [6.07, 6.45) is -7.82. The molecule has 40 heavy (non-hydrogen) atoms. The van der Waals surface area contributed by atoms with E-state index in [4.69, 9.17) is 4.74 Å². The molecule has 2 N–H and O–H groups in total. The van der Waals surface area contributed by atoms with Gasteiger partial charge in [0, 0.05) is 30.7 Å². The van der Waals surface area contributed by atoms with Gasteiger partial charge >= 0.3 is 12.4 Å². The van der Waals surface area contributed by atoms with E-state index in [1.165, 1.54) is 6.07 Å². The summed E-state index contributed by atoms with van der Waals surface area (Å²) in [7, 11) is 0. The largest absolute Gasteiger partial charge is 0.493 e. The minimum Gasteiger partial charge on any atom is -0.493 e. The number of amides is 1. The first-order chi connectivity index (χ1) is 18.9. The van der Waals surface area contributed by atoms with Gasteiger partial charge in [-0.15, -0.1) is 10.2 Å². The third-order valence-electron chi connectivity index (χ3n) is 6.99. The lowest BCUT2D eigenvalue weighted by atomic mass is 9.77. The quantitative estimate of drug-likeness (QED) is 0.294. The van der Waals surface area contributed by atoms with Crippen LogP contribution in [0.3, 0.4) is 0 Å². The number of hydrogen-bond donors (Lipinski definition) is 2. The molecule has 1 amide bonds. The van der Waals surface area contributed by atoms with E-state index in [0.29, 0.717) is 6.07 Å². The molecular formula is C24H22F7N7O2. The van der Waals surface area contributed by atoms with E-state index >= 15 is 4.39 Å². The Balaban J connectivity index is 1.53. The highest BCUT2D eigenvalue weighted by molar-refractivity contribution is 6.27. The number of hydrogen-bond acceptors (Lipinski definition) is 6. The lowest BCUT2D eigenvalue weighted by Gasteiger charge is -2.41. The van der Waals surface area contributed by atoms with Gasteiger partial charge in [-0.1, -0.05) is 0 Å². The van der Waals surface area contributed by atoms with Gasteiger partial charge in [-0.05, 0) is 54.7 Å². The second kappa shape index (κ2) is 10.2. The van der Waals surface area contributed by atoms with Crippen LogP contribution in [0.1, 0.15) is 61.6 Å². The summed E-state index contributed by atoms with van der Waals surface area (Å²) in [5, 5.41) is 19.4. The maximum atomic E-state index is 15.3. The average Bonchev–Trinajstić information content (AvgIpc) is 3.52. The lowest BCUT2D eigenvalue weighted by Crippen LogP contribution is -2.59. The molecule has 1 aliphatic heterocycles. The number of nitrogens with one attached hydrogen (secondary N) is 2. The maximum absolute atomic E-state index is 15.3. The molecule has 0 spiro atoms. The van der Waals surface area contributed by atoms with Crippen molar-refractivity contribution >= 4 is 17.1 Å². The third-order valence-corrected chi connectivity index (χ3v) is 6.99. The Kier molecular flexibility index (Phi) is 7.04. The van der Waals surface area contributed by atoms with Crippen LogP contribution in [0.25, 0.3) is 11.1 Å². The minimum atomic E-state index is -5.19. The first kappa shape index (κ1) is 27.6. The molecule has 5 rings (SSSR count). The van der Waals surface area contributed by atoms with Gasteiger partial charge in [-0.2, -0.15) is 36.7 Å². The van der Waals surface area contributed by atoms with Crippen molar-refractivity contribution in [2.45, 2.75) is 62.5 Å².